The molecule has 10 rings (SSSR count). The summed E-state index contributed by atoms with van der Waals surface area (Å²) in [5.41, 5.74) is 11.6. The molecule has 10 atom stereocenters. The number of amides is 4. The fourth-order valence-corrected chi connectivity index (χ4v) is 12.9. The van der Waals surface area contributed by atoms with Gasteiger partial charge < -0.3 is 111 Å². The van der Waals surface area contributed by atoms with Crippen LogP contribution >= 0.6 is 0 Å². The van der Waals surface area contributed by atoms with Gasteiger partial charge in [0.15, 0.2) is 35.6 Å². The lowest BCUT2D eigenvalue weighted by atomic mass is 10.0. The van der Waals surface area contributed by atoms with Gasteiger partial charge in [0, 0.05) is 69.8 Å². The number of aryl methyl sites for hydroxylation is 1. The number of aliphatic hydroxyl groups is 6. The molecular weight excluding hydrogens is 1420 g/mol. The summed E-state index contributed by atoms with van der Waals surface area (Å²) in [5, 5.41) is 70.8. The number of hydrogen-bond donors (Lipinski definition) is 8. The first-order chi connectivity index (χ1) is 52.1. The second-order valence-corrected chi connectivity index (χ2v) is 26.5. The zero-order valence-electron chi connectivity index (χ0n) is 60.3. The Morgan fingerprint density at radius 1 is 0.546 bits per heavy atom. The highest BCUT2D eigenvalue weighted by molar-refractivity contribution is 6.05. The lowest BCUT2D eigenvalue weighted by Gasteiger charge is -2.35. The van der Waals surface area contributed by atoms with Crippen LogP contribution in [0.2, 0.25) is 0 Å². The summed E-state index contributed by atoms with van der Waals surface area (Å²) in [6.45, 7) is 11.2. The van der Waals surface area contributed by atoms with E-state index in [9.17, 15) is 59.4 Å². The summed E-state index contributed by atoms with van der Waals surface area (Å²) >= 11 is 0. The highest BCUT2D eigenvalue weighted by atomic mass is 16.7. The van der Waals surface area contributed by atoms with E-state index in [-0.39, 0.29) is 154 Å². The van der Waals surface area contributed by atoms with Crippen LogP contribution in [0.5, 0.6) is 28.7 Å². The van der Waals surface area contributed by atoms with Crippen molar-refractivity contribution in [1.29, 1.82) is 0 Å². The van der Waals surface area contributed by atoms with Gasteiger partial charge in [-0.15, -0.1) is 0 Å². The third-order valence-electron chi connectivity index (χ3n) is 18.6. The molecule has 6 aliphatic rings. The molecule has 0 radical (unpaired) electrons. The van der Waals surface area contributed by atoms with Crippen molar-refractivity contribution >= 4 is 46.9 Å². The predicted octanol–water partition coefficient (Wildman–Crippen LogP) is 5.95. The van der Waals surface area contributed by atoms with Crippen molar-refractivity contribution < 1.29 is 130 Å². The number of ketones is 2. The second kappa shape index (κ2) is 39.3. The Morgan fingerprint density at radius 2 is 1.02 bits per heavy atom. The standard InChI is InChI=1S/C74H93N7O27/c1-41-27-52(69-99-23-24-100-69)80(35-41)67(90)46-29-43(3)60(33-50(46)77-73(92)105-37-45-14-16-59(108-72-66(89)64(87)57(85)40-104-72)49(31-45)55(83)12-10-19-96-22-17-76-79-75)97-20-7-6-8-21-98-62-34-51(47(32-61(62)95-5)68(91)81-36-42(2)28-53(81)70-101-25-26-102-70)78-74(93)106-38-44-13-15-58(48(30-44)54(82)11-9-18-94-4)107-71-65(88)63(86)56(84)39-103-71/h13-16,29-34,52-53,56-57,63-66,69-72,84-89H,1-2,6-12,17-28,35-40H2,3-5H3,(H,77,92)(H,78,93)/t52-,53-,56+,57+,63-,64-,65+,66+,71-,72-/m0/s1. The van der Waals surface area contributed by atoms with E-state index in [0.717, 1.165) is 11.1 Å². The second-order valence-electron chi connectivity index (χ2n) is 26.5. The summed E-state index contributed by atoms with van der Waals surface area (Å²) in [6, 6.07) is 13.7. The number of aliphatic hydroxyl groups excluding tert-OH is 6. The van der Waals surface area contributed by atoms with Crippen LogP contribution in [0.3, 0.4) is 0 Å². The first-order valence-corrected chi connectivity index (χ1v) is 35.6. The van der Waals surface area contributed by atoms with Crippen LogP contribution in [0.1, 0.15) is 116 Å². The van der Waals surface area contributed by atoms with Crippen molar-refractivity contribution in [3.05, 3.63) is 134 Å². The number of benzene rings is 4. The third-order valence-corrected chi connectivity index (χ3v) is 18.6. The summed E-state index contributed by atoms with van der Waals surface area (Å²) in [5.74, 6) is -1.15. The molecule has 0 aromatic heterocycles. The first kappa shape index (κ1) is 81.4. The van der Waals surface area contributed by atoms with Crippen molar-refractivity contribution in [2.24, 2.45) is 5.11 Å². The molecule has 0 aliphatic carbocycles. The Hall–Kier alpha value is -9.07. The number of hydrogen-bond acceptors (Lipinski definition) is 28. The fraction of sp³-hybridized carbons (Fsp3) is 0.541. The number of unbranched alkanes of at least 4 members (excludes halogenated alkanes) is 2. The van der Waals surface area contributed by atoms with Crippen molar-refractivity contribution in [3.8, 4) is 28.7 Å². The Bertz CT molecular complexity index is 3880. The van der Waals surface area contributed by atoms with Gasteiger partial charge in [-0.1, -0.05) is 41.6 Å². The Kier molecular flexibility index (Phi) is 29.7. The van der Waals surface area contributed by atoms with Crippen LogP contribution in [0.15, 0.2) is 90.1 Å². The van der Waals surface area contributed by atoms with Crippen molar-refractivity contribution in [2.45, 2.75) is 152 Å². The molecule has 0 spiro atoms. The molecule has 4 amide bonds. The van der Waals surface area contributed by atoms with Gasteiger partial charge in [0.1, 0.15) is 67.1 Å². The molecule has 6 aliphatic heterocycles. The lowest BCUT2D eigenvalue weighted by Crippen LogP contribution is -2.54. The fourth-order valence-electron chi connectivity index (χ4n) is 12.9. The smallest absolute Gasteiger partial charge is 0.411 e. The van der Waals surface area contributed by atoms with E-state index in [2.05, 4.69) is 33.8 Å². The molecule has 34 heteroatoms. The number of azide groups is 1. The molecule has 0 bridgehead atoms. The Morgan fingerprint density at radius 3 is 1.50 bits per heavy atom. The minimum atomic E-state index is -1.68. The maximum atomic E-state index is 14.8. The molecule has 6 heterocycles. The molecule has 0 unspecified atom stereocenters. The Balaban J connectivity index is 0.810. The molecule has 6 fully saturated rings. The highest BCUT2D eigenvalue weighted by Crippen LogP contribution is 2.39. The van der Waals surface area contributed by atoms with Crippen LogP contribution in [0.4, 0.5) is 21.0 Å². The average molecular weight is 1510 g/mol. The number of nitrogens with one attached hydrogen (secondary N) is 2. The quantitative estimate of drug-likeness (QED) is 0.00651. The summed E-state index contributed by atoms with van der Waals surface area (Å²) < 4.78 is 86.5. The van der Waals surface area contributed by atoms with E-state index in [1.165, 1.54) is 68.8 Å². The van der Waals surface area contributed by atoms with E-state index < -0.39 is 110 Å². The van der Waals surface area contributed by atoms with E-state index in [4.69, 9.17) is 76.6 Å². The summed E-state index contributed by atoms with van der Waals surface area (Å²) in [6.07, 6.45) is -12.6. The van der Waals surface area contributed by atoms with Crippen molar-refractivity contribution in [3.63, 3.8) is 0 Å². The van der Waals surface area contributed by atoms with Gasteiger partial charge in [-0.3, -0.25) is 29.8 Å². The number of Topliss-reactive ketones (excluding diaryl/α,β-unsaturated/α-hetero) is 2. The van der Waals surface area contributed by atoms with E-state index in [1.807, 2.05) is 0 Å². The van der Waals surface area contributed by atoms with Crippen LogP contribution in [0.25, 0.3) is 10.4 Å². The molecule has 8 N–H and O–H groups in total. The molecule has 4 aromatic carbocycles. The molecule has 0 saturated carbocycles. The van der Waals surface area contributed by atoms with Crippen LogP contribution in [-0.4, -0.2) is 256 Å². The maximum Gasteiger partial charge on any atom is 0.411 e. The zero-order valence-corrected chi connectivity index (χ0v) is 60.3. The minimum absolute atomic E-state index is 0.000694. The summed E-state index contributed by atoms with van der Waals surface area (Å²) in [4.78, 5) is 90.7. The molecule has 6 saturated heterocycles. The summed E-state index contributed by atoms with van der Waals surface area (Å²) in [7, 11) is 2.90. The number of rotatable bonds is 36. The van der Waals surface area contributed by atoms with Crippen molar-refractivity contribution in [2.75, 3.05) is 117 Å². The molecule has 4 aromatic rings. The van der Waals surface area contributed by atoms with E-state index >= 15 is 0 Å². The van der Waals surface area contributed by atoms with Gasteiger partial charge in [0.05, 0.1) is 112 Å². The number of ether oxygens (including phenoxy) is 15. The van der Waals surface area contributed by atoms with Crippen LogP contribution in [-0.2, 0) is 60.6 Å². The van der Waals surface area contributed by atoms with E-state index in [1.54, 1.807) is 22.8 Å². The van der Waals surface area contributed by atoms with Crippen LogP contribution in [0, 0.1) is 6.92 Å². The predicted molar refractivity (Wildman–Crippen MR) is 379 cm³/mol. The minimum Gasteiger partial charge on any atom is -0.493 e. The van der Waals surface area contributed by atoms with Gasteiger partial charge in [-0.2, -0.15) is 0 Å². The first-order valence-electron chi connectivity index (χ1n) is 35.6. The van der Waals surface area contributed by atoms with Gasteiger partial charge in [-0.25, -0.2) is 9.59 Å². The van der Waals surface area contributed by atoms with Gasteiger partial charge in [-0.05, 0) is 110 Å². The highest BCUT2D eigenvalue weighted by Gasteiger charge is 2.44. The van der Waals surface area contributed by atoms with Gasteiger partial charge in [0.25, 0.3) is 11.8 Å². The third kappa shape index (κ3) is 21.2. The number of anilines is 2. The lowest BCUT2D eigenvalue weighted by molar-refractivity contribution is -0.242. The van der Waals surface area contributed by atoms with Gasteiger partial charge >= 0.3 is 12.2 Å². The number of methoxy groups -OCH3 is 2. The average Bonchev–Trinajstić information content (AvgIpc) is 1.43. The maximum absolute atomic E-state index is 14.8. The Labute approximate surface area is 622 Å². The molecule has 108 heavy (non-hydrogen) atoms. The zero-order chi connectivity index (χ0) is 77.0. The number of likely N-dealkylation sites (tertiary alicyclic amines) is 2. The largest absolute Gasteiger partial charge is 0.493 e. The number of nitrogens with zero attached hydrogens (tertiary/aromatic N) is 5. The number of carbonyl (C=O) groups excluding carboxylic acids is 6. The normalized spacial score (nSPS) is 23.0. The van der Waals surface area contributed by atoms with Crippen molar-refractivity contribution in [1.82, 2.24) is 9.80 Å². The van der Waals surface area contributed by atoms with Crippen LogP contribution < -0.4 is 34.3 Å². The van der Waals surface area contributed by atoms with Gasteiger partial charge in [0.2, 0.25) is 12.6 Å². The monoisotopic (exact) mass is 1510 g/mol. The topological polar surface area (TPSA) is 442 Å². The number of carbonyl (C=O) groups is 6. The molecule has 34 nitrogen and oxygen atoms in total. The molecular formula is C74H93N7O27. The molecule has 586 valence electrons. The van der Waals surface area contributed by atoms with E-state index in [0.29, 0.717) is 87.4 Å². The SMILES string of the molecule is C=C1C[C@@H](C2OCCO2)N(C(=O)c2cc(C)c(OCCCCCOc3cc(NC(=O)OCc4ccc(O[C@@H]5OC[C@@H](O)[C@H](O)[C@H]5O)c(C(=O)CCCOC)c4)c(C(=O)N4CC(=C)C[C@H]4C4OCCO4)cc3OC)cc2NC(=O)OCc2ccc(O[C@@H]3OC[C@@H](O)[C@H](O)[C@H]3O)c(C(=O)CCCOCCN=[N+]=[N-])c2)C1.